The van der Waals surface area contributed by atoms with E-state index >= 15 is 0 Å². The molecule has 29 heavy (non-hydrogen) atoms. The molecule has 0 spiro atoms. The number of aliphatic imine (C=N–C) groups is 1. The van der Waals surface area contributed by atoms with Crippen LogP contribution in [-0.2, 0) is 12.1 Å². The molecule has 0 radical (unpaired) electrons. The number of halogens is 1. The van der Waals surface area contributed by atoms with Gasteiger partial charge in [0.25, 0.3) is 0 Å². The van der Waals surface area contributed by atoms with E-state index in [0.29, 0.717) is 5.96 Å². The maximum atomic E-state index is 10.8. The van der Waals surface area contributed by atoms with Crippen LogP contribution in [0.15, 0.2) is 45.8 Å². The Bertz CT molecular complexity index is 759. The van der Waals surface area contributed by atoms with E-state index in [1.165, 1.54) is 5.56 Å². The minimum Gasteiger partial charge on any atom is -0.466 e. The molecular weight excluding hydrogens is 479 g/mol. The Balaban J connectivity index is 0.00000420. The summed E-state index contributed by atoms with van der Waals surface area (Å²) < 4.78 is 5.55. The molecular formula is C22H35IN4O2. The Morgan fingerprint density at radius 1 is 1.21 bits per heavy atom. The van der Waals surface area contributed by atoms with Crippen LogP contribution >= 0.6 is 24.0 Å². The van der Waals surface area contributed by atoms with Gasteiger partial charge in [0.05, 0.1) is 6.54 Å². The largest absolute Gasteiger partial charge is 0.466 e. The molecule has 1 aromatic heterocycles. The molecule has 0 bridgehead atoms. The molecule has 7 heteroatoms. The standard InChI is InChI=1S/C22H34N4O2.HI/c1-6-23-21(24-12-13-26(5)15-19-10-8-7-9-11-19)25-16-22(4,27)20-14-17(2)28-18(20)3;/h7-11,14,27H,6,12-13,15-16H2,1-5H3,(H2,23,24,25);1H. The van der Waals surface area contributed by atoms with E-state index in [1.54, 1.807) is 6.92 Å². The van der Waals surface area contributed by atoms with Crippen molar-refractivity contribution in [1.29, 1.82) is 0 Å². The van der Waals surface area contributed by atoms with Crippen LogP contribution in [0.4, 0.5) is 0 Å². The van der Waals surface area contributed by atoms with Crippen molar-refractivity contribution in [3.63, 3.8) is 0 Å². The normalized spacial score (nSPS) is 13.7. The molecule has 0 fully saturated rings. The molecule has 1 unspecified atom stereocenters. The van der Waals surface area contributed by atoms with Crippen LogP contribution < -0.4 is 10.6 Å². The minimum atomic E-state index is -1.08. The van der Waals surface area contributed by atoms with Gasteiger partial charge in [0.1, 0.15) is 17.1 Å². The average molecular weight is 514 g/mol. The van der Waals surface area contributed by atoms with Crippen molar-refractivity contribution in [1.82, 2.24) is 15.5 Å². The molecule has 1 atom stereocenters. The van der Waals surface area contributed by atoms with Gasteiger partial charge < -0.3 is 25.1 Å². The summed E-state index contributed by atoms with van der Waals surface area (Å²) in [4.78, 5) is 6.84. The Morgan fingerprint density at radius 3 is 2.48 bits per heavy atom. The lowest BCUT2D eigenvalue weighted by Gasteiger charge is -2.22. The van der Waals surface area contributed by atoms with Crippen molar-refractivity contribution in [3.8, 4) is 0 Å². The fourth-order valence-electron chi connectivity index (χ4n) is 3.16. The van der Waals surface area contributed by atoms with Crippen LogP contribution in [0.1, 0.15) is 36.5 Å². The molecule has 2 aromatic rings. The number of nitrogens with zero attached hydrogens (tertiary/aromatic N) is 2. The highest BCUT2D eigenvalue weighted by molar-refractivity contribution is 14.0. The van der Waals surface area contributed by atoms with E-state index in [0.717, 1.165) is 43.3 Å². The second kappa shape index (κ2) is 12.2. The van der Waals surface area contributed by atoms with E-state index in [9.17, 15) is 5.11 Å². The van der Waals surface area contributed by atoms with Crippen molar-refractivity contribution in [2.75, 3.05) is 33.2 Å². The number of nitrogens with one attached hydrogen (secondary N) is 2. The number of benzene rings is 1. The SMILES string of the molecule is CCNC(=NCC(C)(O)c1cc(C)oc1C)NCCN(C)Cc1ccccc1.I. The van der Waals surface area contributed by atoms with Crippen molar-refractivity contribution >= 4 is 29.9 Å². The van der Waals surface area contributed by atoms with Crippen LogP contribution in [-0.4, -0.2) is 49.2 Å². The zero-order chi connectivity index (χ0) is 20.6. The van der Waals surface area contributed by atoms with Gasteiger partial charge in [0, 0.05) is 31.7 Å². The van der Waals surface area contributed by atoms with Crippen molar-refractivity contribution in [2.45, 2.75) is 39.8 Å². The zero-order valence-electron chi connectivity index (χ0n) is 18.2. The minimum absolute atomic E-state index is 0. The first kappa shape index (κ1) is 25.5. The quantitative estimate of drug-likeness (QED) is 0.272. The fourth-order valence-corrected chi connectivity index (χ4v) is 3.16. The molecule has 3 N–H and O–H groups in total. The van der Waals surface area contributed by atoms with Gasteiger partial charge >= 0.3 is 0 Å². The lowest BCUT2D eigenvalue weighted by molar-refractivity contribution is 0.0657. The van der Waals surface area contributed by atoms with Gasteiger partial charge in [-0.3, -0.25) is 0 Å². The molecule has 1 heterocycles. The molecule has 0 saturated heterocycles. The number of hydrogen-bond acceptors (Lipinski definition) is 4. The summed E-state index contributed by atoms with van der Waals surface area (Å²) in [5, 5.41) is 17.4. The molecule has 0 amide bonds. The average Bonchev–Trinajstić information content (AvgIpc) is 3.00. The van der Waals surface area contributed by atoms with Gasteiger partial charge in [-0.1, -0.05) is 30.3 Å². The summed E-state index contributed by atoms with van der Waals surface area (Å²) in [5.41, 5.74) is 1.01. The predicted octanol–water partition coefficient (Wildman–Crippen LogP) is 3.41. The Morgan fingerprint density at radius 2 is 1.90 bits per heavy atom. The Kier molecular flexibility index (Phi) is 10.7. The van der Waals surface area contributed by atoms with Crippen LogP contribution in [0.2, 0.25) is 0 Å². The maximum Gasteiger partial charge on any atom is 0.191 e. The lowest BCUT2D eigenvalue weighted by Crippen LogP contribution is -2.41. The maximum absolute atomic E-state index is 10.8. The van der Waals surface area contributed by atoms with Crippen LogP contribution in [0.25, 0.3) is 0 Å². The summed E-state index contributed by atoms with van der Waals surface area (Å²) in [5.74, 6) is 2.23. The monoisotopic (exact) mass is 514 g/mol. The van der Waals surface area contributed by atoms with Gasteiger partial charge in [-0.15, -0.1) is 24.0 Å². The summed E-state index contributed by atoms with van der Waals surface area (Å²) >= 11 is 0. The lowest BCUT2D eigenvalue weighted by atomic mass is 9.96. The van der Waals surface area contributed by atoms with Gasteiger partial charge in [0.15, 0.2) is 5.96 Å². The highest BCUT2D eigenvalue weighted by Gasteiger charge is 2.27. The van der Waals surface area contributed by atoms with E-state index in [2.05, 4.69) is 51.8 Å². The van der Waals surface area contributed by atoms with Crippen molar-refractivity contribution < 1.29 is 9.52 Å². The fraction of sp³-hybridized carbons (Fsp3) is 0.500. The molecule has 0 aliphatic heterocycles. The van der Waals surface area contributed by atoms with Gasteiger partial charge in [-0.05, 0) is 46.4 Å². The first-order valence-corrected chi connectivity index (χ1v) is 9.86. The summed E-state index contributed by atoms with van der Waals surface area (Å²) in [6.07, 6.45) is 0. The third-order valence-electron chi connectivity index (χ3n) is 4.59. The Hall–Kier alpha value is -1.58. The topological polar surface area (TPSA) is 73.0 Å². The summed E-state index contributed by atoms with van der Waals surface area (Å²) in [6, 6.07) is 12.3. The number of likely N-dealkylation sites (N-methyl/N-ethyl adjacent to an activating group) is 1. The smallest absolute Gasteiger partial charge is 0.191 e. The number of hydrogen-bond donors (Lipinski definition) is 3. The molecule has 2 rings (SSSR count). The molecule has 162 valence electrons. The zero-order valence-corrected chi connectivity index (χ0v) is 20.5. The highest BCUT2D eigenvalue weighted by atomic mass is 127. The van der Waals surface area contributed by atoms with E-state index in [1.807, 2.05) is 32.9 Å². The number of furan rings is 1. The first-order chi connectivity index (χ1) is 13.3. The highest BCUT2D eigenvalue weighted by Crippen LogP contribution is 2.27. The van der Waals surface area contributed by atoms with E-state index in [-0.39, 0.29) is 30.5 Å². The number of aliphatic hydroxyl groups is 1. The molecule has 0 aliphatic rings. The second-order valence-corrected chi connectivity index (χ2v) is 7.45. The van der Waals surface area contributed by atoms with Crippen molar-refractivity contribution in [3.05, 3.63) is 59.0 Å². The van der Waals surface area contributed by atoms with E-state index in [4.69, 9.17) is 4.42 Å². The predicted molar refractivity (Wildman–Crippen MR) is 130 cm³/mol. The number of aryl methyl sites for hydroxylation is 2. The van der Waals surface area contributed by atoms with Gasteiger partial charge in [-0.25, -0.2) is 4.99 Å². The third-order valence-corrected chi connectivity index (χ3v) is 4.59. The molecule has 6 nitrogen and oxygen atoms in total. The van der Waals surface area contributed by atoms with Gasteiger partial charge in [0.2, 0.25) is 0 Å². The number of guanidine groups is 1. The Labute approximate surface area is 191 Å². The summed E-state index contributed by atoms with van der Waals surface area (Å²) in [7, 11) is 2.10. The van der Waals surface area contributed by atoms with Crippen LogP contribution in [0, 0.1) is 13.8 Å². The third kappa shape index (κ3) is 8.36. The van der Waals surface area contributed by atoms with Gasteiger partial charge in [-0.2, -0.15) is 0 Å². The second-order valence-electron chi connectivity index (χ2n) is 7.45. The number of rotatable bonds is 9. The van der Waals surface area contributed by atoms with Crippen molar-refractivity contribution in [2.24, 2.45) is 4.99 Å². The first-order valence-electron chi connectivity index (χ1n) is 9.86. The van der Waals surface area contributed by atoms with Crippen LogP contribution in [0.3, 0.4) is 0 Å². The van der Waals surface area contributed by atoms with Crippen LogP contribution in [0.5, 0.6) is 0 Å². The van der Waals surface area contributed by atoms with E-state index < -0.39 is 5.60 Å². The molecule has 1 aromatic carbocycles. The summed E-state index contributed by atoms with van der Waals surface area (Å²) in [6.45, 7) is 11.1. The molecule has 0 saturated carbocycles. The molecule has 0 aliphatic carbocycles.